The number of amides is 1. The minimum Gasteiger partial charge on any atom is -0.496 e. The second-order valence-corrected chi connectivity index (χ2v) is 5.67. The number of aromatic nitrogens is 2. The number of nitrogens with one attached hydrogen (secondary N) is 2. The summed E-state index contributed by atoms with van der Waals surface area (Å²) in [7, 11) is 1.58. The van der Waals surface area contributed by atoms with Crippen LogP contribution in [-0.2, 0) is 6.54 Å². The smallest absolute Gasteiger partial charge is 0.270 e. The van der Waals surface area contributed by atoms with Gasteiger partial charge in [0.05, 0.1) is 7.11 Å². The number of halogens is 1. The third kappa shape index (κ3) is 3.61. The highest BCUT2D eigenvalue weighted by molar-refractivity contribution is 7.71. The molecule has 0 saturated heterocycles. The molecule has 5 nitrogen and oxygen atoms in total. The summed E-state index contributed by atoms with van der Waals surface area (Å²) in [6.45, 7) is 0.310. The summed E-state index contributed by atoms with van der Waals surface area (Å²) in [5, 5.41) is 2.84. The highest BCUT2D eigenvalue weighted by Crippen LogP contribution is 2.18. The number of aromatic amines is 1. The van der Waals surface area contributed by atoms with Crippen molar-refractivity contribution in [2.45, 2.75) is 6.54 Å². The highest BCUT2D eigenvalue weighted by Gasteiger charge is 2.15. The summed E-state index contributed by atoms with van der Waals surface area (Å²) in [4.78, 5) is 15.4. The third-order valence-corrected chi connectivity index (χ3v) is 4.03. The highest BCUT2D eigenvalue weighted by atomic mass is 32.1. The van der Waals surface area contributed by atoms with E-state index in [0.29, 0.717) is 28.4 Å². The summed E-state index contributed by atoms with van der Waals surface area (Å²) < 4.78 is 20.3. The number of rotatable bonds is 5. The maximum Gasteiger partial charge on any atom is 0.270 e. The standard InChI is InChI=1S/C18H16FN3O2S/c1-24-16-5-3-2-4-12(16)10-20-17(23)15-11-21-18(25)22(15)14-8-6-13(19)7-9-14/h2-9,11H,10H2,1H3,(H,20,23)(H,21,25). The molecule has 0 fully saturated rings. The van der Waals surface area contributed by atoms with Crippen LogP contribution in [-0.4, -0.2) is 22.6 Å². The Bertz CT molecular complexity index is 947. The number of carbonyl (C=O) groups excluding carboxylic acids is 1. The number of methoxy groups -OCH3 is 1. The summed E-state index contributed by atoms with van der Waals surface area (Å²) in [5.41, 5.74) is 1.81. The fourth-order valence-electron chi connectivity index (χ4n) is 2.50. The van der Waals surface area contributed by atoms with Gasteiger partial charge in [0.15, 0.2) is 4.77 Å². The summed E-state index contributed by atoms with van der Waals surface area (Å²) >= 11 is 5.24. The SMILES string of the molecule is COc1ccccc1CNC(=O)c1c[nH]c(=S)n1-c1ccc(F)cc1. The molecule has 128 valence electrons. The molecule has 0 saturated carbocycles. The van der Waals surface area contributed by atoms with E-state index in [1.54, 1.807) is 23.8 Å². The fourth-order valence-corrected chi connectivity index (χ4v) is 2.76. The number of hydrogen-bond donors (Lipinski definition) is 2. The predicted molar refractivity (Wildman–Crippen MR) is 95.1 cm³/mol. The van der Waals surface area contributed by atoms with Gasteiger partial charge in [-0.2, -0.15) is 0 Å². The zero-order valence-corrected chi connectivity index (χ0v) is 14.3. The normalized spacial score (nSPS) is 10.5. The molecule has 3 aromatic rings. The average molecular weight is 357 g/mol. The van der Waals surface area contributed by atoms with Crippen LogP contribution in [0.5, 0.6) is 5.75 Å². The second-order valence-electron chi connectivity index (χ2n) is 5.29. The van der Waals surface area contributed by atoms with Gasteiger partial charge in [0, 0.05) is 24.0 Å². The molecule has 0 aliphatic heterocycles. The molecule has 1 amide bonds. The Kier molecular flexibility index (Phi) is 4.95. The van der Waals surface area contributed by atoms with E-state index in [0.717, 1.165) is 5.56 Å². The van der Waals surface area contributed by atoms with Gasteiger partial charge in [0.2, 0.25) is 0 Å². The van der Waals surface area contributed by atoms with E-state index < -0.39 is 0 Å². The third-order valence-electron chi connectivity index (χ3n) is 3.73. The van der Waals surface area contributed by atoms with Gasteiger partial charge in [0.1, 0.15) is 17.3 Å². The average Bonchev–Trinajstić information content (AvgIpc) is 3.02. The van der Waals surface area contributed by atoms with Crippen LogP contribution >= 0.6 is 12.2 Å². The Balaban J connectivity index is 1.84. The molecule has 0 atom stereocenters. The predicted octanol–water partition coefficient (Wildman–Crippen LogP) is 3.61. The molecule has 3 rings (SSSR count). The molecule has 2 N–H and O–H groups in total. The molecule has 0 unspecified atom stereocenters. The number of hydrogen-bond acceptors (Lipinski definition) is 3. The number of nitrogens with zero attached hydrogens (tertiary/aromatic N) is 1. The van der Waals surface area contributed by atoms with Gasteiger partial charge in [-0.05, 0) is 42.5 Å². The topological polar surface area (TPSA) is 59.0 Å². The molecule has 0 aliphatic rings. The summed E-state index contributed by atoms with van der Waals surface area (Å²) in [5.74, 6) is 0.0443. The van der Waals surface area contributed by atoms with Crippen molar-refractivity contribution >= 4 is 18.1 Å². The van der Waals surface area contributed by atoms with Crippen LogP contribution in [0.25, 0.3) is 5.69 Å². The first-order chi connectivity index (χ1) is 12.1. The van der Waals surface area contributed by atoms with Crippen LogP contribution in [0.3, 0.4) is 0 Å². The Morgan fingerprint density at radius 3 is 2.68 bits per heavy atom. The van der Waals surface area contributed by atoms with Crippen molar-refractivity contribution in [2.75, 3.05) is 7.11 Å². The lowest BCUT2D eigenvalue weighted by atomic mass is 10.2. The van der Waals surface area contributed by atoms with Crippen molar-refractivity contribution in [1.29, 1.82) is 0 Å². The molecule has 25 heavy (non-hydrogen) atoms. The van der Waals surface area contributed by atoms with Crippen molar-refractivity contribution in [2.24, 2.45) is 0 Å². The molecule has 0 radical (unpaired) electrons. The minimum atomic E-state index is -0.354. The minimum absolute atomic E-state index is 0.303. The van der Waals surface area contributed by atoms with E-state index in [2.05, 4.69) is 10.3 Å². The molecule has 1 aromatic heterocycles. The Morgan fingerprint density at radius 1 is 1.24 bits per heavy atom. The zero-order valence-electron chi connectivity index (χ0n) is 13.5. The molecular weight excluding hydrogens is 341 g/mol. The molecule has 1 heterocycles. The van der Waals surface area contributed by atoms with Crippen LogP contribution in [0.4, 0.5) is 4.39 Å². The van der Waals surface area contributed by atoms with Crippen molar-refractivity contribution in [3.8, 4) is 11.4 Å². The number of carbonyl (C=O) groups is 1. The largest absolute Gasteiger partial charge is 0.496 e. The monoisotopic (exact) mass is 357 g/mol. The van der Waals surface area contributed by atoms with Gasteiger partial charge in [-0.3, -0.25) is 9.36 Å². The molecule has 0 bridgehead atoms. The van der Waals surface area contributed by atoms with E-state index in [1.807, 2.05) is 24.3 Å². The quantitative estimate of drug-likeness (QED) is 0.686. The maximum absolute atomic E-state index is 13.1. The number of para-hydroxylation sites is 1. The number of imidazole rings is 1. The molecular formula is C18H16FN3O2S. The van der Waals surface area contributed by atoms with E-state index >= 15 is 0 Å². The fraction of sp³-hybridized carbons (Fsp3) is 0.111. The lowest BCUT2D eigenvalue weighted by Gasteiger charge is -2.11. The van der Waals surface area contributed by atoms with E-state index in [9.17, 15) is 9.18 Å². The van der Waals surface area contributed by atoms with Gasteiger partial charge in [0.25, 0.3) is 5.91 Å². The Morgan fingerprint density at radius 2 is 1.96 bits per heavy atom. The van der Waals surface area contributed by atoms with Crippen molar-refractivity contribution in [3.05, 3.63) is 76.6 Å². The number of benzene rings is 2. The summed E-state index contributed by atoms with van der Waals surface area (Å²) in [6.07, 6.45) is 1.53. The van der Waals surface area contributed by atoms with E-state index in [4.69, 9.17) is 17.0 Å². The molecule has 0 spiro atoms. The first-order valence-electron chi connectivity index (χ1n) is 7.56. The van der Waals surface area contributed by atoms with Crippen molar-refractivity contribution in [1.82, 2.24) is 14.9 Å². The molecule has 7 heteroatoms. The van der Waals surface area contributed by atoms with E-state index in [-0.39, 0.29) is 11.7 Å². The van der Waals surface area contributed by atoms with Crippen LogP contribution in [0, 0.1) is 10.6 Å². The Hall–Kier alpha value is -2.93. The molecule has 2 aromatic carbocycles. The zero-order chi connectivity index (χ0) is 17.8. The molecule has 0 aliphatic carbocycles. The van der Waals surface area contributed by atoms with Gasteiger partial charge in [-0.1, -0.05) is 18.2 Å². The van der Waals surface area contributed by atoms with E-state index in [1.165, 1.54) is 18.3 Å². The van der Waals surface area contributed by atoms with Gasteiger partial charge in [-0.15, -0.1) is 0 Å². The number of H-pyrrole nitrogens is 1. The van der Waals surface area contributed by atoms with Crippen molar-refractivity contribution < 1.29 is 13.9 Å². The van der Waals surface area contributed by atoms with Crippen molar-refractivity contribution in [3.63, 3.8) is 0 Å². The second kappa shape index (κ2) is 7.31. The summed E-state index contributed by atoms with van der Waals surface area (Å²) in [6, 6.07) is 13.2. The first kappa shape index (κ1) is 16.9. The number of ether oxygens (including phenoxy) is 1. The first-order valence-corrected chi connectivity index (χ1v) is 7.97. The lowest BCUT2D eigenvalue weighted by Crippen LogP contribution is -2.25. The lowest BCUT2D eigenvalue weighted by molar-refractivity contribution is 0.0943. The van der Waals surface area contributed by atoms with Crippen LogP contribution in [0.15, 0.2) is 54.7 Å². The Labute approximate surface area is 149 Å². The van der Waals surface area contributed by atoms with Gasteiger partial charge < -0.3 is 15.0 Å². The van der Waals surface area contributed by atoms with Crippen LogP contribution in [0.1, 0.15) is 16.1 Å². The van der Waals surface area contributed by atoms with Crippen LogP contribution < -0.4 is 10.1 Å². The maximum atomic E-state index is 13.1. The van der Waals surface area contributed by atoms with Gasteiger partial charge in [-0.25, -0.2) is 4.39 Å². The van der Waals surface area contributed by atoms with Gasteiger partial charge >= 0.3 is 0 Å². The van der Waals surface area contributed by atoms with Crippen LogP contribution in [0.2, 0.25) is 0 Å².